The highest BCUT2D eigenvalue weighted by Crippen LogP contribution is 2.21. The van der Waals surface area contributed by atoms with Crippen LogP contribution >= 0.6 is 0 Å². The minimum Gasteiger partial charge on any atom is -0.496 e. The Morgan fingerprint density at radius 1 is 1.18 bits per heavy atom. The number of unbranched alkanes of at least 4 members (excludes halogenated alkanes) is 3. The minimum atomic E-state index is -0.427. The summed E-state index contributed by atoms with van der Waals surface area (Å²) in [6.07, 6.45) is 19.1. The molecule has 1 unspecified atom stereocenters. The van der Waals surface area contributed by atoms with Gasteiger partial charge in [-0.15, -0.1) is 0 Å². The molecule has 2 rings (SSSR count). The first kappa shape index (κ1) is 22.2. The Labute approximate surface area is 167 Å². The van der Waals surface area contributed by atoms with Gasteiger partial charge in [-0.05, 0) is 57.9 Å². The lowest BCUT2D eigenvalue weighted by Gasteiger charge is -2.22. The summed E-state index contributed by atoms with van der Waals surface area (Å²) >= 11 is 0. The summed E-state index contributed by atoms with van der Waals surface area (Å²) in [7, 11) is 1.55. The van der Waals surface area contributed by atoms with E-state index in [0.717, 1.165) is 44.9 Å². The van der Waals surface area contributed by atoms with Gasteiger partial charge in [-0.1, -0.05) is 30.4 Å². The van der Waals surface area contributed by atoms with E-state index in [1.54, 1.807) is 13.2 Å². The van der Waals surface area contributed by atoms with E-state index < -0.39 is 5.63 Å². The van der Waals surface area contributed by atoms with Crippen LogP contribution in [0.2, 0.25) is 0 Å². The molecule has 0 radical (unpaired) electrons. The molecule has 0 saturated carbocycles. The van der Waals surface area contributed by atoms with Crippen LogP contribution in [0.5, 0.6) is 5.75 Å². The Kier molecular flexibility index (Phi) is 10.4. The standard InChI is InChI=1S/C23H32O5/c1-3-4-5-6-7-8-9-10-11-14-19-17-21(25-2)20(23(24)28-19)18-27-22-15-12-13-16-26-22/h3-6,11,14,17,22H,7-10,12-13,15-16,18H2,1-2H3/b4-3+,6-5+,14-11+. The third-order valence-corrected chi connectivity index (χ3v) is 4.51. The van der Waals surface area contributed by atoms with Crippen LogP contribution in [-0.4, -0.2) is 20.0 Å². The van der Waals surface area contributed by atoms with Crippen molar-refractivity contribution in [3.05, 3.63) is 58.2 Å². The highest BCUT2D eigenvalue weighted by Gasteiger charge is 2.18. The molecule has 1 saturated heterocycles. The monoisotopic (exact) mass is 388 g/mol. The molecule has 5 heteroatoms. The summed E-state index contributed by atoms with van der Waals surface area (Å²) in [5, 5.41) is 0. The summed E-state index contributed by atoms with van der Waals surface area (Å²) in [6.45, 7) is 2.83. The van der Waals surface area contributed by atoms with Crippen molar-refractivity contribution in [1.29, 1.82) is 0 Å². The summed E-state index contributed by atoms with van der Waals surface area (Å²) in [6, 6.07) is 1.73. The fourth-order valence-electron chi connectivity index (χ4n) is 2.94. The number of methoxy groups -OCH3 is 1. The van der Waals surface area contributed by atoms with E-state index >= 15 is 0 Å². The van der Waals surface area contributed by atoms with Crippen molar-refractivity contribution in [1.82, 2.24) is 0 Å². The van der Waals surface area contributed by atoms with Crippen LogP contribution in [-0.2, 0) is 16.1 Å². The van der Waals surface area contributed by atoms with E-state index in [4.69, 9.17) is 18.6 Å². The van der Waals surface area contributed by atoms with Gasteiger partial charge in [0.15, 0.2) is 6.29 Å². The Hall–Kier alpha value is -2.11. The summed E-state index contributed by atoms with van der Waals surface area (Å²) in [5.74, 6) is 0.980. The number of hydrogen-bond donors (Lipinski definition) is 0. The maximum atomic E-state index is 12.3. The molecule has 5 nitrogen and oxygen atoms in total. The maximum absolute atomic E-state index is 12.3. The van der Waals surface area contributed by atoms with Gasteiger partial charge in [-0.25, -0.2) is 4.79 Å². The van der Waals surface area contributed by atoms with Crippen molar-refractivity contribution in [3.63, 3.8) is 0 Å². The predicted octanol–water partition coefficient (Wildman–Crippen LogP) is 5.40. The lowest BCUT2D eigenvalue weighted by Crippen LogP contribution is -2.23. The molecule has 1 aromatic heterocycles. The van der Waals surface area contributed by atoms with Gasteiger partial charge in [0.1, 0.15) is 17.1 Å². The SMILES string of the molecule is C/C=C/C=C/CCCC/C=C/c1cc(OC)c(COC2CCCCO2)c(=O)o1. The first-order valence-corrected chi connectivity index (χ1v) is 10.1. The van der Waals surface area contributed by atoms with Gasteiger partial charge in [0.2, 0.25) is 0 Å². The molecule has 0 aromatic carbocycles. The van der Waals surface area contributed by atoms with Crippen molar-refractivity contribution in [2.45, 2.75) is 64.8 Å². The number of rotatable bonds is 11. The van der Waals surface area contributed by atoms with Gasteiger partial charge in [0.05, 0.1) is 13.7 Å². The van der Waals surface area contributed by atoms with Gasteiger partial charge in [0, 0.05) is 12.7 Å². The van der Waals surface area contributed by atoms with Gasteiger partial charge < -0.3 is 18.6 Å². The average molecular weight is 389 g/mol. The second-order valence-electron chi connectivity index (χ2n) is 6.73. The molecular formula is C23H32O5. The second kappa shape index (κ2) is 13.1. The fourth-order valence-corrected chi connectivity index (χ4v) is 2.94. The summed E-state index contributed by atoms with van der Waals surface area (Å²) in [4.78, 5) is 12.3. The van der Waals surface area contributed by atoms with Crippen molar-refractivity contribution in [2.75, 3.05) is 13.7 Å². The molecule has 1 aliphatic rings. The molecule has 2 heterocycles. The molecule has 1 aromatic rings. The van der Waals surface area contributed by atoms with Crippen LogP contribution in [0.4, 0.5) is 0 Å². The van der Waals surface area contributed by atoms with Crippen molar-refractivity contribution >= 4 is 6.08 Å². The van der Waals surface area contributed by atoms with Crippen LogP contribution in [0, 0.1) is 0 Å². The Bertz CT molecular complexity index is 708. The highest BCUT2D eigenvalue weighted by molar-refractivity contribution is 5.46. The summed E-state index contributed by atoms with van der Waals surface area (Å²) < 4.78 is 22.0. The molecule has 0 bridgehead atoms. The van der Waals surface area contributed by atoms with Crippen LogP contribution in [0.15, 0.2) is 45.7 Å². The van der Waals surface area contributed by atoms with E-state index in [1.165, 1.54) is 0 Å². The van der Waals surface area contributed by atoms with Gasteiger partial charge >= 0.3 is 5.63 Å². The van der Waals surface area contributed by atoms with Gasteiger partial charge in [0.25, 0.3) is 0 Å². The largest absolute Gasteiger partial charge is 0.496 e. The minimum absolute atomic E-state index is 0.126. The van der Waals surface area contributed by atoms with Crippen molar-refractivity contribution in [2.24, 2.45) is 0 Å². The van der Waals surface area contributed by atoms with Gasteiger partial charge in [-0.3, -0.25) is 0 Å². The zero-order valence-corrected chi connectivity index (χ0v) is 17.0. The molecule has 1 aliphatic heterocycles. The smallest absolute Gasteiger partial charge is 0.345 e. The zero-order valence-electron chi connectivity index (χ0n) is 17.0. The van der Waals surface area contributed by atoms with Gasteiger partial charge in [-0.2, -0.15) is 0 Å². The average Bonchev–Trinajstić information content (AvgIpc) is 2.72. The Morgan fingerprint density at radius 3 is 2.71 bits per heavy atom. The van der Waals surface area contributed by atoms with E-state index in [9.17, 15) is 4.79 Å². The molecule has 0 aliphatic carbocycles. The maximum Gasteiger partial charge on any atom is 0.345 e. The van der Waals surface area contributed by atoms with Crippen LogP contribution in [0.3, 0.4) is 0 Å². The molecule has 0 amide bonds. The predicted molar refractivity (Wildman–Crippen MR) is 111 cm³/mol. The van der Waals surface area contributed by atoms with Crippen LogP contribution in [0.1, 0.15) is 63.2 Å². The lowest BCUT2D eigenvalue weighted by atomic mass is 10.1. The van der Waals surface area contributed by atoms with Crippen LogP contribution in [0.25, 0.3) is 6.08 Å². The molecule has 1 atom stereocenters. The fraction of sp³-hybridized carbons (Fsp3) is 0.522. The lowest BCUT2D eigenvalue weighted by molar-refractivity contribution is -0.169. The normalized spacial score (nSPS) is 17.9. The molecule has 0 spiro atoms. The first-order chi connectivity index (χ1) is 13.7. The molecular weight excluding hydrogens is 356 g/mol. The summed E-state index contributed by atoms with van der Waals surface area (Å²) in [5.41, 5.74) is -0.0364. The molecule has 1 fully saturated rings. The van der Waals surface area contributed by atoms with Crippen LogP contribution < -0.4 is 10.4 Å². The second-order valence-corrected chi connectivity index (χ2v) is 6.73. The highest BCUT2D eigenvalue weighted by atomic mass is 16.7. The number of allylic oxidation sites excluding steroid dienone is 5. The quantitative estimate of drug-likeness (QED) is 0.375. The molecule has 154 valence electrons. The Morgan fingerprint density at radius 2 is 2.00 bits per heavy atom. The topological polar surface area (TPSA) is 57.9 Å². The van der Waals surface area contributed by atoms with E-state index in [2.05, 4.69) is 12.2 Å². The van der Waals surface area contributed by atoms with Crippen molar-refractivity contribution < 1.29 is 18.6 Å². The Balaban J connectivity index is 1.84. The van der Waals surface area contributed by atoms with Crippen molar-refractivity contribution in [3.8, 4) is 5.75 Å². The molecule has 0 N–H and O–H groups in total. The molecule has 28 heavy (non-hydrogen) atoms. The number of ether oxygens (including phenoxy) is 3. The third kappa shape index (κ3) is 7.87. The van der Waals surface area contributed by atoms with E-state index in [1.807, 2.05) is 31.2 Å². The van der Waals surface area contributed by atoms with E-state index in [0.29, 0.717) is 23.7 Å². The zero-order chi connectivity index (χ0) is 20.0. The number of hydrogen-bond acceptors (Lipinski definition) is 5. The van der Waals surface area contributed by atoms with E-state index in [-0.39, 0.29) is 12.9 Å². The third-order valence-electron chi connectivity index (χ3n) is 4.51. The first-order valence-electron chi connectivity index (χ1n) is 10.1.